The zero-order chi connectivity index (χ0) is 16.8. The van der Waals surface area contributed by atoms with Gasteiger partial charge in [0.05, 0.1) is 19.8 Å². The number of carbonyl (C=O) groups is 1. The number of nitrogens with zero attached hydrogens (tertiary/aromatic N) is 1. The van der Waals surface area contributed by atoms with E-state index >= 15 is 0 Å². The Bertz CT molecular complexity index is 747. The summed E-state index contributed by atoms with van der Waals surface area (Å²) in [6.07, 6.45) is 0. The molecule has 0 spiro atoms. The average Bonchev–Trinajstić information content (AvgIpc) is 2.58. The summed E-state index contributed by atoms with van der Waals surface area (Å²) in [4.78, 5) is 16.8. The van der Waals surface area contributed by atoms with Gasteiger partial charge < -0.3 is 20.0 Å². The molecular weight excluding hydrogens is 364 g/mol. The van der Waals surface area contributed by atoms with Gasteiger partial charge in [-0.15, -0.1) is 0 Å². The third-order valence-electron chi connectivity index (χ3n) is 2.97. The van der Waals surface area contributed by atoms with Crippen LogP contribution in [-0.4, -0.2) is 26.0 Å². The number of amidine groups is 1. The highest BCUT2D eigenvalue weighted by molar-refractivity contribution is 9.10. The van der Waals surface area contributed by atoms with Crippen molar-refractivity contribution in [2.45, 2.75) is 0 Å². The van der Waals surface area contributed by atoms with Crippen molar-refractivity contribution in [3.05, 3.63) is 58.1 Å². The fourth-order valence-electron chi connectivity index (χ4n) is 1.81. The Morgan fingerprint density at radius 3 is 2.43 bits per heavy atom. The van der Waals surface area contributed by atoms with Crippen LogP contribution in [-0.2, 0) is 4.84 Å². The fourth-order valence-corrected chi connectivity index (χ4v) is 2.21. The highest BCUT2D eigenvalue weighted by atomic mass is 79.9. The predicted octanol–water partition coefficient (Wildman–Crippen LogP) is 2.94. The molecule has 0 aliphatic heterocycles. The van der Waals surface area contributed by atoms with Crippen molar-refractivity contribution < 1.29 is 19.1 Å². The van der Waals surface area contributed by atoms with Crippen molar-refractivity contribution in [1.82, 2.24) is 0 Å². The van der Waals surface area contributed by atoms with E-state index in [2.05, 4.69) is 21.1 Å². The number of ether oxygens (including phenoxy) is 2. The molecule has 0 saturated heterocycles. The lowest BCUT2D eigenvalue weighted by Gasteiger charge is -2.09. The molecule has 0 aromatic heterocycles. The van der Waals surface area contributed by atoms with Crippen molar-refractivity contribution in [1.29, 1.82) is 0 Å². The monoisotopic (exact) mass is 378 g/mol. The van der Waals surface area contributed by atoms with Crippen LogP contribution in [0, 0.1) is 0 Å². The van der Waals surface area contributed by atoms with Crippen LogP contribution in [0.2, 0.25) is 0 Å². The quantitative estimate of drug-likeness (QED) is 0.374. The number of rotatable bonds is 5. The van der Waals surface area contributed by atoms with E-state index in [4.69, 9.17) is 20.0 Å². The van der Waals surface area contributed by atoms with Crippen LogP contribution in [0.3, 0.4) is 0 Å². The summed E-state index contributed by atoms with van der Waals surface area (Å²) >= 11 is 3.28. The molecule has 0 amide bonds. The molecule has 0 saturated carbocycles. The minimum Gasteiger partial charge on any atom is -0.493 e. The van der Waals surface area contributed by atoms with Crippen LogP contribution < -0.4 is 15.2 Å². The molecule has 0 atom stereocenters. The maximum atomic E-state index is 11.9. The van der Waals surface area contributed by atoms with E-state index in [0.717, 1.165) is 4.47 Å². The Morgan fingerprint density at radius 1 is 1.04 bits per heavy atom. The largest absolute Gasteiger partial charge is 0.493 e. The van der Waals surface area contributed by atoms with Crippen LogP contribution in [0.25, 0.3) is 0 Å². The average molecular weight is 379 g/mol. The molecule has 0 aliphatic carbocycles. The van der Waals surface area contributed by atoms with Gasteiger partial charge in [0, 0.05) is 10.0 Å². The van der Waals surface area contributed by atoms with Crippen molar-refractivity contribution in [3.63, 3.8) is 0 Å². The highest BCUT2D eigenvalue weighted by Crippen LogP contribution is 2.27. The maximum Gasteiger partial charge on any atom is 0.365 e. The van der Waals surface area contributed by atoms with E-state index in [9.17, 15) is 4.79 Å². The molecule has 0 aliphatic rings. The number of benzene rings is 2. The molecule has 120 valence electrons. The molecule has 0 radical (unpaired) electrons. The van der Waals surface area contributed by atoms with Crippen LogP contribution in [0.1, 0.15) is 15.9 Å². The van der Waals surface area contributed by atoms with Crippen molar-refractivity contribution in [2.75, 3.05) is 14.2 Å². The van der Waals surface area contributed by atoms with E-state index in [1.165, 1.54) is 14.2 Å². The maximum absolute atomic E-state index is 11.9. The lowest BCUT2D eigenvalue weighted by Crippen LogP contribution is -2.15. The van der Waals surface area contributed by atoms with Crippen LogP contribution in [0.4, 0.5) is 0 Å². The van der Waals surface area contributed by atoms with Gasteiger partial charge in [-0.3, -0.25) is 0 Å². The summed E-state index contributed by atoms with van der Waals surface area (Å²) in [5, 5.41) is 3.66. The van der Waals surface area contributed by atoms with Crippen molar-refractivity contribution in [3.8, 4) is 11.5 Å². The first kappa shape index (κ1) is 16.8. The first-order chi connectivity index (χ1) is 11.0. The smallest absolute Gasteiger partial charge is 0.365 e. The first-order valence-corrected chi connectivity index (χ1v) is 7.37. The van der Waals surface area contributed by atoms with Gasteiger partial charge in [-0.1, -0.05) is 27.2 Å². The van der Waals surface area contributed by atoms with Crippen LogP contribution in [0.5, 0.6) is 11.5 Å². The van der Waals surface area contributed by atoms with E-state index in [1.807, 2.05) is 0 Å². The molecule has 0 fully saturated rings. The van der Waals surface area contributed by atoms with Crippen molar-refractivity contribution >= 4 is 27.7 Å². The summed E-state index contributed by atoms with van der Waals surface area (Å²) < 4.78 is 11.1. The van der Waals surface area contributed by atoms with E-state index in [1.54, 1.807) is 42.5 Å². The molecule has 2 rings (SSSR count). The van der Waals surface area contributed by atoms with Gasteiger partial charge >= 0.3 is 5.97 Å². The topological polar surface area (TPSA) is 83.1 Å². The molecule has 0 heterocycles. The van der Waals surface area contributed by atoms with Gasteiger partial charge in [-0.2, -0.15) is 0 Å². The lowest BCUT2D eigenvalue weighted by molar-refractivity contribution is 0.0516. The fraction of sp³-hybridized carbons (Fsp3) is 0.125. The van der Waals surface area contributed by atoms with Gasteiger partial charge in [-0.05, 0) is 36.4 Å². The van der Waals surface area contributed by atoms with E-state index in [-0.39, 0.29) is 5.84 Å². The van der Waals surface area contributed by atoms with Gasteiger partial charge in [0.25, 0.3) is 0 Å². The summed E-state index contributed by atoms with van der Waals surface area (Å²) in [6.45, 7) is 0. The van der Waals surface area contributed by atoms with Gasteiger partial charge in [-0.25, -0.2) is 4.79 Å². The Morgan fingerprint density at radius 2 is 1.78 bits per heavy atom. The minimum atomic E-state index is -0.602. The second-order valence-electron chi connectivity index (χ2n) is 4.44. The molecule has 2 aromatic rings. The number of oxime groups is 1. The minimum absolute atomic E-state index is 0.0503. The zero-order valence-corrected chi connectivity index (χ0v) is 14.2. The van der Waals surface area contributed by atoms with Gasteiger partial charge in [0.2, 0.25) is 0 Å². The predicted molar refractivity (Wildman–Crippen MR) is 89.8 cm³/mol. The Labute approximate surface area is 142 Å². The summed E-state index contributed by atoms with van der Waals surface area (Å²) in [5.41, 5.74) is 6.74. The summed E-state index contributed by atoms with van der Waals surface area (Å²) in [6, 6.07) is 11.8. The molecule has 23 heavy (non-hydrogen) atoms. The Balaban J connectivity index is 2.15. The van der Waals surface area contributed by atoms with E-state index < -0.39 is 5.97 Å². The van der Waals surface area contributed by atoms with Crippen LogP contribution in [0.15, 0.2) is 52.1 Å². The van der Waals surface area contributed by atoms with Crippen LogP contribution >= 0.6 is 15.9 Å². The number of halogens is 1. The first-order valence-electron chi connectivity index (χ1n) is 6.58. The van der Waals surface area contributed by atoms with E-state index in [0.29, 0.717) is 22.6 Å². The normalized spacial score (nSPS) is 11.0. The molecule has 2 N–H and O–H groups in total. The number of hydrogen-bond donors (Lipinski definition) is 1. The molecule has 0 unspecified atom stereocenters. The lowest BCUT2D eigenvalue weighted by atomic mass is 10.2. The SMILES string of the molecule is COc1ccc(/C(N)=N\OC(=O)c2cccc(Br)c2)cc1OC. The van der Waals surface area contributed by atoms with Crippen molar-refractivity contribution in [2.24, 2.45) is 10.9 Å². The zero-order valence-electron chi connectivity index (χ0n) is 12.6. The summed E-state index contributed by atoms with van der Waals surface area (Å²) in [5.74, 6) is 0.515. The highest BCUT2D eigenvalue weighted by Gasteiger charge is 2.10. The molecule has 7 heteroatoms. The Hall–Kier alpha value is -2.54. The molecule has 2 aromatic carbocycles. The molecular formula is C16H15BrN2O4. The summed E-state index contributed by atoms with van der Waals surface area (Å²) in [7, 11) is 3.05. The number of nitrogens with two attached hydrogens (primary N) is 1. The number of methoxy groups -OCH3 is 2. The third-order valence-corrected chi connectivity index (χ3v) is 3.46. The molecule has 0 bridgehead atoms. The standard InChI is InChI=1S/C16H15BrN2O4/c1-21-13-7-6-10(9-14(13)22-2)15(18)19-23-16(20)11-4-3-5-12(17)8-11/h3-9H,1-2H3,(H2,18,19). The van der Waals surface area contributed by atoms with Gasteiger partial charge in [0.15, 0.2) is 17.3 Å². The second-order valence-corrected chi connectivity index (χ2v) is 5.35. The molecule has 6 nitrogen and oxygen atoms in total. The Kier molecular flexibility index (Phi) is 5.59. The number of carbonyl (C=O) groups excluding carboxylic acids is 1. The third kappa shape index (κ3) is 4.23. The van der Waals surface area contributed by atoms with Gasteiger partial charge in [0.1, 0.15) is 0 Å². The second kappa shape index (κ2) is 7.64. The number of hydrogen-bond acceptors (Lipinski definition) is 5.